The summed E-state index contributed by atoms with van der Waals surface area (Å²) < 4.78 is 25.2. The molecule has 1 aliphatic rings. The summed E-state index contributed by atoms with van der Waals surface area (Å²) >= 11 is 0. The number of halogens is 1. The lowest BCUT2D eigenvalue weighted by molar-refractivity contribution is 0.00863. The molecule has 1 fully saturated rings. The fourth-order valence-corrected chi connectivity index (χ4v) is 3.24. The second-order valence-electron chi connectivity index (χ2n) is 6.47. The van der Waals surface area contributed by atoms with Crippen LogP contribution < -0.4 is 4.74 Å². The standard InChI is InChI=1S/C19H21FN4O2/c1-25-19-7-6-13(8-21-19)9-24-10-14(20)17(11-24)26-12-18-22-15-4-2-3-5-16(15)23-18/h2-8,14,17H,9-12H2,1H3,(H,22,23)/t14-,17+/m1/s1. The van der Waals surface area contributed by atoms with Gasteiger partial charge in [-0.15, -0.1) is 0 Å². The maximum atomic E-state index is 14.3. The van der Waals surface area contributed by atoms with Crippen molar-refractivity contribution in [2.75, 3.05) is 20.2 Å². The number of rotatable bonds is 6. The highest BCUT2D eigenvalue weighted by Crippen LogP contribution is 2.21. The summed E-state index contributed by atoms with van der Waals surface area (Å²) in [6.45, 7) is 1.82. The third-order valence-corrected chi connectivity index (χ3v) is 4.56. The highest BCUT2D eigenvalue weighted by molar-refractivity contribution is 5.74. The van der Waals surface area contributed by atoms with Crippen molar-refractivity contribution >= 4 is 11.0 Å². The molecule has 6 nitrogen and oxygen atoms in total. The van der Waals surface area contributed by atoms with Crippen LogP contribution in [0.1, 0.15) is 11.4 Å². The largest absolute Gasteiger partial charge is 0.481 e. The van der Waals surface area contributed by atoms with Crippen LogP contribution in [0.25, 0.3) is 11.0 Å². The highest BCUT2D eigenvalue weighted by atomic mass is 19.1. The van der Waals surface area contributed by atoms with Crippen molar-refractivity contribution in [2.45, 2.75) is 25.4 Å². The number of hydrogen-bond donors (Lipinski definition) is 1. The van der Waals surface area contributed by atoms with Gasteiger partial charge in [0.15, 0.2) is 0 Å². The molecule has 3 aromatic rings. The average molecular weight is 356 g/mol. The number of imidazole rings is 1. The monoisotopic (exact) mass is 356 g/mol. The lowest BCUT2D eigenvalue weighted by Gasteiger charge is -2.15. The zero-order valence-corrected chi connectivity index (χ0v) is 14.6. The number of likely N-dealkylation sites (tertiary alicyclic amines) is 1. The number of hydrogen-bond acceptors (Lipinski definition) is 5. The molecule has 1 aliphatic heterocycles. The summed E-state index contributed by atoms with van der Waals surface area (Å²) in [5.41, 5.74) is 2.88. The Morgan fingerprint density at radius 2 is 2.12 bits per heavy atom. The van der Waals surface area contributed by atoms with E-state index in [0.717, 1.165) is 22.4 Å². The predicted octanol–water partition coefficient (Wildman–Crippen LogP) is 2.71. The number of nitrogens with zero attached hydrogens (tertiary/aromatic N) is 3. The Hall–Kier alpha value is -2.51. The third-order valence-electron chi connectivity index (χ3n) is 4.56. The number of pyridine rings is 1. The van der Waals surface area contributed by atoms with Gasteiger partial charge < -0.3 is 14.5 Å². The summed E-state index contributed by atoms with van der Waals surface area (Å²) in [5, 5.41) is 0. The maximum Gasteiger partial charge on any atom is 0.212 e. The van der Waals surface area contributed by atoms with Crippen LogP contribution in [0.2, 0.25) is 0 Å². The van der Waals surface area contributed by atoms with Crippen LogP contribution in [0.4, 0.5) is 4.39 Å². The molecular weight excluding hydrogens is 335 g/mol. The Bertz CT molecular complexity index is 834. The van der Waals surface area contributed by atoms with Crippen LogP contribution in [-0.4, -0.2) is 52.3 Å². The molecule has 2 atom stereocenters. The SMILES string of the molecule is COc1ccc(CN2C[C@@H](F)[C@@H](OCc3nc4ccccc4[nH]3)C2)cn1. The van der Waals surface area contributed by atoms with Crippen LogP contribution in [-0.2, 0) is 17.9 Å². The molecule has 0 radical (unpaired) electrons. The number of ether oxygens (including phenoxy) is 2. The Labute approximate surface area is 151 Å². The van der Waals surface area contributed by atoms with Crippen molar-refractivity contribution in [1.29, 1.82) is 0 Å². The van der Waals surface area contributed by atoms with E-state index in [-0.39, 0.29) is 6.61 Å². The second kappa shape index (κ2) is 7.39. The number of methoxy groups -OCH3 is 1. The fourth-order valence-electron chi connectivity index (χ4n) is 3.24. The maximum absolute atomic E-state index is 14.3. The molecule has 1 aromatic carbocycles. The van der Waals surface area contributed by atoms with Crippen LogP contribution in [0.5, 0.6) is 5.88 Å². The van der Waals surface area contributed by atoms with Gasteiger partial charge in [0.05, 0.1) is 18.1 Å². The minimum Gasteiger partial charge on any atom is -0.481 e. The van der Waals surface area contributed by atoms with E-state index in [0.29, 0.717) is 25.5 Å². The van der Waals surface area contributed by atoms with E-state index in [1.54, 1.807) is 13.3 Å². The molecule has 1 saturated heterocycles. The Kier molecular flexibility index (Phi) is 4.81. The first-order valence-corrected chi connectivity index (χ1v) is 8.62. The molecule has 4 rings (SSSR count). The number of aromatic amines is 1. The van der Waals surface area contributed by atoms with Crippen LogP contribution in [0, 0.1) is 0 Å². The van der Waals surface area contributed by atoms with E-state index < -0.39 is 12.3 Å². The molecular formula is C19H21FN4O2. The number of fused-ring (bicyclic) bond motifs is 1. The van der Waals surface area contributed by atoms with E-state index in [1.165, 1.54) is 0 Å². The third kappa shape index (κ3) is 3.68. The minimum absolute atomic E-state index is 0.275. The average Bonchev–Trinajstić information content (AvgIpc) is 3.23. The number of H-pyrrole nitrogens is 1. The molecule has 2 aromatic heterocycles. The summed E-state index contributed by atoms with van der Waals surface area (Å²) in [4.78, 5) is 13.9. The van der Waals surface area contributed by atoms with Gasteiger partial charge in [-0.1, -0.05) is 18.2 Å². The molecule has 1 N–H and O–H groups in total. The van der Waals surface area contributed by atoms with Gasteiger partial charge >= 0.3 is 0 Å². The number of para-hydroxylation sites is 2. The quantitative estimate of drug-likeness (QED) is 0.736. The molecule has 0 unspecified atom stereocenters. The van der Waals surface area contributed by atoms with Gasteiger partial charge in [-0.05, 0) is 17.7 Å². The summed E-state index contributed by atoms with van der Waals surface area (Å²) in [6, 6.07) is 11.5. The first kappa shape index (κ1) is 16.9. The molecule has 3 heterocycles. The number of nitrogens with one attached hydrogen (secondary N) is 1. The predicted molar refractivity (Wildman–Crippen MR) is 95.6 cm³/mol. The van der Waals surface area contributed by atoms with E-state index in [1.807, 2.05) is 41.3 Å². The first-order chi connectivity index (χ1) is 12.7. The van der Waals surface area contributed by atoms with Crippen molar-refractivity contribution in [3.05, 3.63) is 54.0 Å². The van der Waals surface area contributed by atoms with Gasteiger partial charge in [0.1, 0.15) is 24.7 Å². The summed E-state index contributed by atoms with van der Waals surface area (Å²) in [6.07, 6.45) is 0.300. The Balaban J connectivity index is 1.33. The van der Waals surface area contributed by atoms with Crippen molar-refractivity contribution in [3.8, 4) is 5.88 Å². The Morgan fingerprint density at radius 3 is 2.88 bits per heavy atom. The molecule has 0 bridgehead atoms. The zero-order chi connectivity index (χ0) is 17.9. The normalized spacial score (nSPS) is 20.7. The topological polar surface area (TPSA) is 63.3 Å². The molecule has 136 valence electrons. The van der Waals surface area contributed by atoms with Gasteiger partial charge in [-0.3, -0.25) is 4.90 Å². The number of aromatic nitrogens is 3. The van der Waals surface area contributed by atoms with E-state index in [2.05, 4.69) is 15.0 Å². The first-order valence-electron chi connectivity index (χ1n) is 8.62. The molecule has 0 amide bonds. The second-order valence-corrected chi connectivity index (χ2v) is 6.47. The fraction of sp³-hybridized carbons (Fsp3) is 0.368. The van der Waals surface area contributed by atoms with Crippen molar-refractivity contribution in [2.24, 2.45) is 0 Å². The van der Waals surface area contributed by atoms with Crippen LogP contribution in [0.15, 0.2) is 42.6 Å². The Morgan fingerprint density at radius 1 is 1.23 bits per heavy atom. The van der Waals surface area contributed by atoms with E-state index >= 15 is 0 Å². The molecule has 0 saturated carbocycles. The van der Waals surface area contributed by atoms with Gasteiger partial charge in [0.25, 0.3) is 0 Å². The van der Waals surface area contributed by atoms with Gasteiger partial charge in [-0.2, -0.15) is 0 Å². The minimum atomic E-state index is -1.01. The van der Waals surface area contributed by atoms with E-state index in [4.69, 9.17) is 9.47 Å². The molecule has 0 spiro atoms. The van der Waals surface area contributed by atoms with Crippen LogP contribution >= 0.6 is 0 Å². The van der Waals surface area contributed by atoms with Gasteiger partial charge in [0.2, 0.25) is 5.88 Å². The lowest BCUT2D eigenvalue weighted by atomic mass is 10.2. The molecule has 0 aliphatic carbocycles. The van der Waals surface area contributed by atoms with Gasteiger partial charge in [0, 0.05) is 31.9 Å². The van der Waals surface area contributed by atoms with Crippen molar-refractivity contribution in [3.63, 3.8) is 0 Å². The number of alkyl halides is 1. The zero-order valence-electron chi connectivity index (χ0n) is 14.6. The summed E-state index contributed by atoms with van der Waals surface area (Å²) in [5.74, 6) is 1.29. The highest BCUT2D eigenvalue weighted by Gasteiger charge is 2.33. The van der Waals surface area contributed by atoms with E-state index in [9.17, 15) is 4.39 Å². The molecule has 26 heavy (non-hydrogen) atoms. The molecule has 7 heteroatoms. The number of benzene rings is 1. The van der Waals surface area contributed by atoms with Gasteiger partial charge in [-0.25, -0.2) is 14.4 Å². The van der Waals surface area contributed by atoms with Crippen molar-refractivity contribution in [1.82, 2.24) is 19.9 Å². The van der Waals surface area contributed by atoms with Crippen LogP contribution in [0.3, 0.4) is 0 Å². The lowest BCUT2D eigenvalue weighted by Crippen LogP contribution is -2.24. The smallest absolute Gasteiger partial charge is 0.212 e. The summed E-state index contributed by atoms with van der Waals surface area (Å²) in [7, 11) is 1.58. The van der Waals surface area contributed by atoms with Crippen molar-refractivity contribution < 1.29 is 13.9 Å².